The monoisotopic (exact) mass is 283 g/mol. The van der Waals surface area contributed by atoms with E-state index in [1.54, 1.807) is 0 Å². The second kappa shape index (κ2) is 7.18. The smallest absolute Gasteiger partial charge is 0.233 e. The van der Waals surface area contributed by atoms with E-state index in [-0.39, 0.29) is 17.2 Å². The zero-order chi connectivity index (χ0) is 14.4. The fraction of sp³-hybridized carbons (Fsp3) is 0.583. The molecule has 0 aliphatic rings. The Morgan fingerprint density at radius 1 is 1.32 bits per heavy atom. The Kier molecular flexibility index (Phi) is 5.88. The lowest BCUT2D eigenvalue weighted by Crippen LogP contribution is -2.38. The van der Waals surface area contributed by atoms with Crippen LogP contribution in [0.2, 0.25) is 0 Å². The molecule has 0 aromatic carbocycles. The van der Waals surface area contributed by atoms with Crippen LogP contribution in [0.4, 0.5) is 11.6 Å². The van der Waals surface area contributed by atoms with Crippen molar-refractivity contribution >= 4 is 29.3 Å². The summed E-state index contributed by atoms with van der Waals surface area (Å²) in [4.78, 5) is 20.1. The number of hydrogen-bond donors (Lipinski definition) is 3. The summed E-state index contributed by atoms with van der Waals surface area (Å²) in [5.41, 5.74) is 11.2. The average molecular weight is 283 g/mol. The SMILES string of the molecule is CCC(CC)NC(=O)C(C)Sc1nc(N)cc(N)n1. The third-order valence-corrected chi connectivity index (χ3v) is 3.69. The number of anilines is 2. The summed E-state index contributed by atoms with van der Waals surface area (Å²) in [7, 11) is 0. The van der Waals surface area contributed by atoms with Crippen LogP contribution in [-0.4, -0.2) is 27.2 Å². The van der Waals surface area contributed by atoms with Crippen LogP contribution in [0.25, 0.3) is 0 Å². The van der Waals surface area contributed by atoms with Gasteiger partial charge in [0.2, 0.25) is 5.91 Å². The van der Waals surface area contributed by atoms with E-state index in [2.05, 4.69) is 15.3 Å². The number of amides is 1. The largest absolute Gasteiger partial charge is 0.383 e. The molecule has 0 fully saturated rings. The third kappa shape index (κ3) is 4.94. The van der Waals surface area contributed by atoms with Crippen LogP contribution in [0.5, 0.6) is 0 Å². The van der Waals surface area contributed by atoms with Crippen LogP contribution in [0.1, 0.15) is 33.6 Å². The highest BCUT2D eigenvalue weighted by Crippen LogP contribution is 2.21. The van der Waals surface area contributed by atoms with E-state index in [9.17, 15) is 4.79 Å². The van der Waals surface area contributed by atoms with E-state index in [1.165, 1.54) is 17.8 Å². The molecule has 0 radical (unpaired) electrons. The van der Waals surface area contributed by atoms with Gasteiger partial charge in [0, 0.05) is 12.1 Å². The molecule has 0 aliphatic heterocycles. The molecule has 0 aliphatic carbocycles. The number of rotatable bonds is 6. The molecular formula is C12H21N5OS. The Labute approximate surface area is 117 Å². The fourth-order valence-corrected chi connectivity index (χ4v) is 2.35. The summed E-state index contributed by atoms with van der Waals surface area (Å²) in [5.74, 6) is 0.591. The number of nitrogen functional groups attached to an aromatic ring is 2. The van der Waals surface area contributed by atoms with Gasteiger partial charge in [-0.2, -0.15) is 0 Å². The molecule has 5 N–H and O–H groups in total. The van der Waals surface area contributed by atoms with Crippen LogP contribution in [-0.2, 0) is 4.79 Å². The van der Waals surface area contributed by atoms with Gasteiger partial charge >= 0.3 is 0 Å². The highest BCUT2D eigenvalue weighted by molar-refractivity contribution is 8.00. The van der Waals surface area contributed by atoms with E-state index in [1.807, 2.05) is 20.8 Å². The van der Waals surface area contributed by atoms with E-state index < -0.39 is 0 Å². The van der Waals surface area contributed by atoms with E-state index in [0.717, 1.165) is 12.8 Å². The lowest BCUT2D eigenvalue weighted by molar-refractivity contribution is -0.121. The van der Waals surface area contributed by atoms with Gasteiger partial charge in [-0.1, -0.05) is 25.6 Å². The summed E-state index contributed by atoms with van der Waals surface area (Å²) < 4.78 is 0. The first-order valence-corrected chi connectivity index (χ1v) is 7.21. The Morgan fingerprint density at radius 3 is 2.32 bits per heavy atom. The molecular weight excluding hydrogens is 262 g/mol. The van der Waals surface area contributed by atoms with Crippen LogP contribution >= 0.6 is 11.8 Å². The van der Waals surface area contributed by atoms with Gasteiger partial charge in [0.05, 0.1) is 5.25 Å². The molecule has 1 rings (SSSR count). The number of carbonyl (C=O) groups is 1. The molecule has 19 heavy (non-hydrogen) atoms. The standard InChI is InChI=1S/C12H21N5OS/c1-4-8(5-2)15-11(18)7(3)19-12-16-9(13)6-10(14)17-12/h6-8H,4-5H2,1-3H3,(H,15,18)(H4,13,14,16,17). The van der Waals surface area contributed by atoms with Crippen molar-refractivity contribution in [2.45, 2.75) is 50.1 Å². The van der Waals surface area contributed by atoms with Gasteiger partial charge in [0.15, 0.2) is 5.16 Å². The number of hydrogen-bond acceptors (Lipinski definition) is 6. The Balaban J connectivity index is 2.63. The molecule has 1 heterocycles. The quantitative estimate of drug-likeness (QED) is 0.538. The molecule has 0 bridgehead atoms. The summed E-state index contributed by atoms with van der Waals surface area (Å²) >= 11 is 1.25. The summed E-state index contributed by atoms with van der Waals surface area (Å²) in [6, 6.07) is 1.70. The van der Waals surface area contributed by atoms with Crippen LogP contribution < -0.4 is 16.8 Å². The number of nitrogens with zero attached hydrogens (tertiary/aromatic N) is 2. The topological polar surface area (TPSA) is 107 Å². The minimum absolute atomic E-state index is 0.0247. The van der Waals surface area contributed by atoms with Gasteiger partial charge in [0.1, 0.15) is 11.6 Å². The number of aromatic nitrogens is 2. The maximum absolute atomic E-state index is 12.0. The van der Waals surface area contributed by atoms with Crippen LogP contribution in [0.15, 0.2) is 11.2 Å². The van der Waals surface area contributed by atoms with Gasteiger partial charge in [-0.25, -0.2) is 9.97 Å². The van der Waals surface area contributed by atoms with E-state index in [4.69, 9.17) is 11.5 Å². The first-order valence-electron chi connectivity index (χ1n) is 6.33. The number of nitrogens with two attached hydrogens (primary N) is 2. The van der Waals surface area contributed by atoms with Crippen molar-refractivity contribution in [2.75, 3.05) is 11.5 Å². The van der Waals surface area contributed by atoms with Crippen LogP contribution in [0, 0.1) is 0 Å². The first-order chi connectivity index (χ1) is 8.96. The molecule has 106 valence electrons. The summed E-state index contributed by atoms with van der Waals surface area (Å²) in [6.45, 7) is 5.91. The van der Waals surface area contributed by atoms with Crippen molar-refractivity contribution in [2.24, 2.45) is 0 Å². The Morgan fingerprint density at radius 2 is 1.84 bits per heavy atom. The van der Waals surface area contributed by atoms with E-state index in [0.29, 0.717) is 16.8 Å². The molecule has 1 atom stereocenters. The molecule has 0 saturated carbocycles. The second-order valence-corrected chi connectivity index (χ2v) is 5.59. The lowest BCUT2D eigenvalue weighted by Gasteiger charge is -2.17. The minimum atomic E-state index is -0.290. The maximum Gasteiger partial charge on any atom is 0.233 e. The molecule has 1 aromatic rings. The predicted molar refractivity (Wildman–Crippen MR) is 78.7 cm³/mol. The zero-order valence-electron chi connectivity index (χ0n) is 11.5. The Bertz CT molecular complexity index is 416. The minimum Gasteiger partial charge on any atom is -0.383 e. The van der Waals surface area contributed by atoms with E-state index >= 15 is 0 Å². The summed E-state index contributed by atoms with van der Waals surface area (Å²) in [6.07, 6.45) is 1.84. The van der Waals surface area contributed by atoms with Gasteiger partial charge < -0.3 is 16.8 Å². The molecule has 7 heteroatoms. The highest BCUT2D eigenvalue weighted by atomic mass is 32.2. The van der Waals surface area contributed by atoms with Gasteiger partial charge in [-0.05, 0) is 19.8 Å². The summed E-state index contributed by atoms with van der Waals surface area (Å²) in [5, 5.41) is 3.12. The lowest BCUT2D eigenvalue weighted by atomic mass is 10.2. The second-order valence-electron chi connectivity index (χ2n) is 4.28. The normalized spacial score (nSPS) is 12.4. The molecule has 0 saturated heterocycles. The van der Waals surface area contributed by atoms with Crippen molar-refractivity contribution in [1.82, 2.24) is 15.3 Å². The van der Waals surface area contributed by atoms with Crippen LogP contribution in [0.3, 0.4) is 0 Å². The van der Waals surface area contributed by atoms with Gasteiger partial charge in [0.25, 0.3) is 0 Å². The third-order valence-electron chi connectivity index (χ3n) is 2.73. The van der Waals surface area contributed by atoms with Crippen molar-refractivity contribution < 1.29 is 4.79 Å². The molecule has 0 spiro atoms. The molecule has 1 aromatic heterocycles. The maximum atomic E-state index is 12.0. The first kappa shape index (κ1) is 15.6. The van der Waals surface area contributed by atoms with Crippen molar-refractivity contribution in [3.63, 3.8) is 0 Å². The highest BCUT2D eigenvalue weighted by Gasteiger charge is 2.18. The molecule has 6 nitrogen and oxygen atoms in total. The van der Waals surface area contributed by atoms with Gasteiger partial charge in [-0.15, -0.1) is 0 Å². The van der Waals surface area contributed by atoms with Crippen molar-refractivity contribution in [3.05, 3.63) is 6.07 Å². The molecule has 1 amide bonds. The molecule has 1 unspecified atom stereocenters. The average Bonchev–Trinajstić information content (AvgIpc) is 2.34. The Hall–Kier alpha value is -1.50. The van der Waals surface area contributed by atoms with Crippen molar-refractivity contribution in [1.29, 1.82) is 0 Å². The zero-order valence-corrected chi connectivity index (χ0v) is 12.3. The fourth-order valence-electron chi connectivity index (χ4n) is 1.54. The number of thioether (sulfide) groups is 1. The predicted octanol–water partition coefficient (Wildman–Crippen LogP) is 1.43. The number of nitrogens with one attached hydrogen (secondary N) is 1. The van der Waals surface area contributed by atoms with Gasteiger partial charge in [-0.3, -0.25) is 4.79 Å². The van der Waals surface area contributed by atoms with Crippen molar-refractivity contribution in [3.8, 4) is 0 Å². The number of carbonyl (C=O) groups excluding carboxylic acids is 1.